The largest absolute Gasteiger partial charge is 0.384 e. The van der Waals surface area contributed by atoms with Gasteiger partial charge >= 0.3 is 0 Å². The molecule has 0 heterocycles. The minimum absolute atomic E-state index is 0.581. The van der Waals surface area contributed by atoms with Crippen LogP contribution >= 0.6 is 0 Å². The van der Waals surface area contributed by atoms with Crippen LogP contribution in [0.2, 0.25) is 0 Å². The second-order valence-corrected chi connectivity index (χ2v) is 4.44. The molecule has 1 rings (SSSR count). The standard InChI is InChI=1S/C14H23NO/c1-12(11-16-3)14(10-15-2)9-13-7-5-4-6-8-13/h4-8,12,14-15H,9-11H2,1-3H3. The van der Waals surface area contributed by atoms with Gasteiger partial charge in [0.15, 0.2) is 0 Å². The van der Waals surface area contributed by atoms with Gasteiger partial charge in [-0.3, -0.25) is 0 Å². The Kier molecular flexibility index (Phi) is 6.12. The van der Waals surface area contributed by atoms with Crippen molar-refractivity contribution in [2.24, 2.45) is 11.8 Å². The summed E-state index contributed by atoms with van der Waals surface area (Å²) in [6.07, 6.45) is 1.12. The van der Waals surface area contributed by atoms with Crippen LogP contribution in [0.25, 0.3) is 0 Å². The SMILES string of the molecule is CNCC(Cc1ccccc1)C(C)COC. The summed E-state index contributed by atoms with van der Waals surface area (Å²) in [6.45, 7) is 4.13. The summed E-state index contributed by atoms with van der Waals surface area (Å²) in [7, 11) is 3.78. The van der Waals surface area contributed by atoms with Gasteiger partial charge in [-0.25, -0.2) is 0 Å². The maximum atomic E-state index is 5.24. The van der Waals surface area contributed by atoms with Gasteiger partial charge in [-0.15, -0.1) is 0 Å². The molecule has 90 valence electrons. The molecule has 2 unspecified atom stereocenters. The number of methoxy groups -OCH3 is 1. The zero-order valence-corrected chi connectivity index (χ0v) is 10.6. The molecule has 0 saturated heterocycles. The van der Waals surface area contributed by atoms with E-state index in [2.05, 4.69) is 42.6 Å². The molecular weight excluding hydrogens is 198 g/mol. The first kappa shape index (κ1) is 13.2. The van der Waals surface area contributed by atoms with Crippen LogP contribution < -0.4 is 5.32 Å². The molecule has 0 aromatic heterocycles. The molecule has 0 spiro atoms. The van der Waals surface area contributed by atoms with Crippen molar-refractivity contribution in [2.75, 3.05) is 27.3 Å². The highest BCUT2D eigenvalue weighted by Gasteiger charge is 2.16. The van der Waals surface area contributed by atoms with E-state index in [0.717, 1.165) is 19.6 Å². The second kappa shape index (κ2) is 7.42. The van der Waals surface area contributed by atoms with Crippen LogP contribution in [-0.4, -0.2) is 27.3 Å². The van der Waals surface area contributed by atoms with Crippen LogP contribution in [0.15, 0.2) is 30.3 Å². The lowest BCUT2D eigenvalue weighted by Gasteiger charge is -2.23. The number of nitrogens with one attached hydrogen (secondary N) is 1. The molecule has 2 nitrogen and oxygen atoms in total. The Morgan fingerprint density at radius 3 is 2.50 bits per heavy atom. The monoisotopic (exact) mass is 221 g/mol. The lowest BCUT2D eigenvalue weighted by atomic mass is 9.88. The lowest BCUT2D eigenvalue weighted by molar-refractivity contribution is 0.129. The molecular formula is C14H23NO. The molecule has 0 amide bonds. The first-order chi connectivity index (χ1) is 7.77. The first-order valence-corrected chi connectivity index (χ1v) is 5.95. The van der Waals surface area contributed by atoms with Crippen molar-refractivity contribution in [3.8, 4) is 0 Å². The summed E-state index contributed by atoms with van der Waals surface area (Å²) in [5.74, 6) is 1.21. The van der Waals surface area contributed by atoms with E-state index < -0.39 is 0 Å². The van der Waals surface area contributed by atoms with Crippen LogP contribution in [0.3, 0.4) is 0 Å². The highest BCUT2D eigenvalue weighted by atomic mass is 16.5. The molecule has 2 heteroatoms. The fourth-order valence-electron chi connectivity index (χ4n) is 2.05. The van der Waals surface area contributed by atoms with E-state index in [1.165, 1.54) is 5.56 Å². The van der Waals surface area contributed by atoms with E-state index in [0.29, 0.717) is 11.8 Å². The molecule has 0 bridgehead atoms. The van der Waals surface area contributed by atoms with Crippen molar-refractivity contribution in [3.63, 3.8) is 0 Å². The van der Waals surface area contributed by atoms with Gasteiger partial charge < -0.3 is 10.1 Å². The quantitative estimate of drug-likeness (QED) is 0.763. The third-order valence-corrected chi connectivity index (χ3v) is 3.04. The second-order valence-electron chi connectivity index (χ2n) is 4.44. The summed E-state index contributed by atoms with van der Waals surface area (Å²) in [5.41, 5.74) is 1.41. The molecule has 0 saturated carbocycles. The van der Waals surface area contributed by atoms with Gasteiger partial charge in [0.25, 0.3) is 0 Å². The minimum atomic E-state index is 0.581. The number of ether oxygens (including phenoxy) is 1. The third kappa shape index (κ3) is 4.33. The average molecular weight is 221 g/mol. The van der Waals surface area contributed by atoms with Gasteiger partial charge in [-0.2, -0.15) is 0 Å². The summed E-state index contributed by atoms with van der Waals surface area (Å²) >= 11 is 0. The summed E-state index contributed by atoms with van der Waals surface area (Å²) in [4.78, 5) is 0. The van der Waals surface area contributed by atoms with Crippen molar-refractivity contribution in [1.82, 2.24) is 5.32 Å². The zero-order chi connectivity index (χ0) is 11.8. The van der Waals surface area contributed by atoms with Gasteiger partial charge in [-0.05, 0) is 37.4 Å². The van der Waals surface area contributed by atoms with Crippen molar-refractivity contribution in [3.05, 3.63) is 35.9 Å². The van der Waals surface area contributed by atoms with Crippen molar-refractivity contribution in [1.29, 1.82) is 0 Å². The number of hydrogen-bond donors (Lipinski definition) is 1. The molecule has 0 aliphatic carbocycles. The topological polar surface area (TPSA) is 21.3 Å². The lowest BCUT2D eigenvalue weighted by Crippen LogP contribution is -2.28. The maximum Gasteiger partial charge on any atom is 0.0491 e. The van der Waals surface area contributed by atoms with Crippen molar-refractivity contribution < 1.29 is 4.74 Å². The maximum absolute atomic E-state index is 5.24. The number of rotatable bonds is 7. The predicted octanol–water partition coefficient (Wildman–Crippen LogP) is 2.35. The van der Waals surface area contributed by atoms with Crippen LogP contribution in [0.4, 0.5) is 0 Å². The van der Waals surface area contributed by atoms with E-state index >= 15 is 0 Å². The first-order valence-electron chi connectivity index (χ1n) is 5.95. The fraction of sp³-hybridized carbons (Fsp3) is 0.571. The summed E-state index contributed by atoms with van der Waals surface area (Å²) in [6, 6.07) is 10.7. The normalized spacial score (nSPS) is 14.7. The van der Waals surface area contributed by atoms with Gasteiger partial charge in [0.1, 0.15) is 0 Å². The smallest absolute Gasteiger partial charge is 0.0491 e. The van der Waals surface area contributed by atoms with Crippen molar-refractivity contribution >= 4 is 0 Å². The molecule has 1 aromatic carbocycles. The summed E-state index contributed by atoms with van der Waals surface area (Å²) < 4.78 is 5.24. The fourth-order valence-corrected chi connectivity index (χ4v) is 2.05. The number of hydrogen-bond acceptors (Lipinski definition) is 2. The van der Waals surface area contributed by atoms with Gasteiger partial charge in [-0.1, -0.05) is 37.3 Å². The van der Waals surface area contributed by atoms with Crippen molar-refractivity contribution in [2.45, 2.75) is 13.3 Å². The predicted molar refractivity (Wildman–Crippen MR) is 68.6 cm³/mol. The van der Waals surface area contributed by atoms with Crippen LogP contribution in [-0.2, 0) is 11.2 Å². The molecule has 0 fully saturated rings. The molecule has 0 aliphatic rings. The average Bonchev–Trinajstić information content (AvgIpc) is 2.30. The van der Waals surface area contributed by atoms with Crippen LogP contribution in [0.5, 0.6) is 0 Å². The van der Waals surface area contributed by atoms with Gasteiger partial charge in [0, 0.05) is 13.7 Å². The molecule has 16 heavy (non-hydrogen) atoms. The van der Waals surface area contributed by atoms with E-state index in [4.69, 9.17) is 4.74 Å². The molecule has 1 N–H and O–H groups in total. The molecule has 2 atom stereocenters. The van der Waals surface area contributed by atoms with Crippen LogP contribution in [0, 0.1) is 11.8 Å². The zero-order valence-electron chi connectivity index (χ0n) is 10.6. The van der Waals surface area contributed by atoms with E-state index in [9.17, 15) is 0 Å². The molecule has 1 aromatic rings. The Labute approximate surface area is 99.0 Å². The Balaban J connectivity index is 2.57. The van der Waals surface area contributed by atoms with Crippen LogP contribution in [0.1, 0.15) is 12.5 Å². The Morgan fingerprint density at radius 1 is 1.25 bits per heavy atom. The highest BCUT2D eigenvalue weighted by Crippen LogP contribution is 2.17. The summed E-state index contributed by atoms with van der Waals surface area (Å²) in [5, 5.41) is 3.27. The van der Waals surface area contributed by atoms with E-state index in [1.807, 2.05) is 7.05 Å². The minimum Gasteiger partial charge on any atom is -0.384 e. The number of benzene rings is 1. The van der Waals surface area contributed by atoms with Gasteiger partial charge in [0.2, 0.25) is 0 Å². The van der Waals surface area contributed by atoms with Gasteiger partial charge in [0.05, 0.1) is 0 Å². The van der Waals surface area contributed by atoms with E-state index in [1.54, 1.807) is 7.11 Å². The highest BCUT2D eigenvalue weighted by molar-refractivity contribution is 5.15. The molecule has 0 aliphatic heterocycles. The Morgan fingerprint density at radius 2 is 1.94 bits per heavy atom. The Hall–Kier alpha value is -0.860. The molecule has 0 radical (unpaired) electrons. The Bertz CT molecular complexity index is 273. The third-order valence-electron chi connectivity index (χ3n) is 3.04. The van der Waals surface area contributed by atoms with E-state index in [-0.39, 0.29) is 0 Å².